The van der Waals surface area contributed by atoms with Gasteiger partial charge >= 0.3 is 0 Å². The summed E-state index contributed by atoms with van der Waals surface area (Å²) in [6.07, 6.45) is 0. The van der Waals surface area contributed by atoms with Crippen LogP contribution >= 0.6 is 0 Å². The molecule has 5 nitrogen and oxygen atoms in total. The molecule has 0 spiro atoms. The van der Waals surface area contributed by atoms with E-state index in [2.05, 4.69) is 10.6 Å². The van der Waals surface area contributed by atoms with Crippen molar-refractivity contribution in [1.82, 2.24) is 10.6 Å². The van der Waals surface area contributed by atoms with Gasteiger partial charge in [-0.3, -0.25) is 9.59 Å². The van der Waals surface area contributed by atoms with Gasteiger partial charge in [0, 0.05) is 18.2 Å². The zero-order valence-corrected chi connectivity index (χ0v) is 12.0. The van der Waals surface area contributed by atoms with Crippen molar-refractivity contribution in [2.75, 3.05) is 6.54 Å². The Labute approximate surface area is 121 Å². The fraction of sp³-hybridized carbons (Fsp3) is 0.429. The molecule has 1 rings (SSSR count). The van der Waals surface area contributed by atoms with Crippen LogP contribution in [0.5, 0.6) is 0 Å². The van der Waals surface area contributed by atoms with Crippen LogP contribution in [-0.4, -0.2) is 24.4 Å². The van der Waals surface area contributed by atoms with Gasteiger partial charge in [-0.15, -0.1) is 0 Å². The van der Waals surface area contributed by atoms with E-state index < -0.39 is 29.5 Å². The number of halogens is 2. The van der Waals surface area contributed by atoms with E-state index in [0.29, 0.717) is 0 Å². The molecular formula is C14H19F2N3O2. The maximum absolute atomic E-state index is 13.3. The second kappa shape index (κ2) is 7.68. The lowest BCUT2D eigenvalue weighted by Crippen LogP contribution is -2.47. The summed E-state index contributed by atoms with van der Waals surface area (Å²) in [5.74, 6) is -2.36. The smallest absolute Gasteiger partial charge is 0.239 e. The van der Waals surface area contributed by atoms with Crippen molar-refractivity contribution >= 4 is 11.8 Å². The first-order valence-corrected chi connectivity index (χ1v) is 6.55. The van der Waals surface area contributed by atoms with Gasteiger partial charge in [0.1, 0.15) is 11.6 Å². The predicted octanol–water partition coefficient (Wildman–Crippen LogP) is 0.680. The Balaban J connectivity index is 2.39. The highest BCUT2D eigenvalue weighted by atomic mass is 19.1. The molecule has 1 atom stereocenters. The zero-order chi connectivity index (χ0) is 16.0. The second-order valence-corrected chi connectivity index (χ2v) is 5.00. The molecule has 0 fully saturated rings. The van der Waals surface area contributed by atoms with Crippen LogP contribution in [-0.2, 0) is 16.1 Å². The van der Waals surface area contributed by atoms with Gasteiger partial charge in [-0.05, 0) is 12.0 Å². The third kappa shape index (κ3) is 5.47. The number of benzene rings is 1. The first-order chi connectivity index (χ1) is 9.81. The SMILES string of the molecule is CC(C)[C@H](N)C(=O)NCC(=O)NCc1ccc(F)cc1F. The van der Waals surface area contributed by atoms with Gasteiger partial charge < -0.3 is 16.4 Å². The summed E-state index contributed by atoms with van der Waals surface area (Å²) in [4.78, 5) is 23.1. The summed E-state index contributed by atoms with van der Waals surface area (Å²) < 4.78 is 26.0. The van der Waals surface area contributed by atoms with Crippen LogP contribution in [0, 0.1) is 17.6 Å². The van der Waals surface area contributed by atoms with Gasteiger partial charge in [-0.2, -0.15) is 0 Å². The quantitative estimate of drug-likeness (QED) is 0.722. The Bertz CT molecular complexity index is 521. The molecule has 0 aromatic heterocycles. The average Bonchev–Trinajstić information content (AvgIpc) is 2.42. The normalized spacial score (nSPS) is 12.1. The van der Waals surface area contributed by atoms with E-state index in [0.717, 1.165) is 12.1 Å². The summed E-state index contributed by atoms with van der Waals surface area (Å²) in [7, 11) is 0. The van der Waals surface area contributed by atoms with E-state index in [-0.39, 0.29) is 24.6 Å². The van der Waals surface area contributed by atoms with Crippen LogP contribution in [0.15, 0.2) is 18.2 Å². The van der Waals surface area contributed by atoms with Crippen LogP contribution in [0.1, 0.15) is 19.4 Å². The largest absolute Gasteiger partial charge is 0.350 e. The lowest BCUT2D eigenvalue weighted by atomic mass is 10.1. The van der Waals surface area contributed by atoms with Gasteiger partial charge in [0.25, 0.3) is 0 Å². The van der Waals surface area contributed by atoms with Crippen molar-refractivity contribution in [2.24, 2.45) is 11.7 Å². The Kier molecular flexibility index (Phi) is 6.23. The molecule has 0 saturated carbocycles. The number of amides is 2. The first kappa shape index (κ1) is 17.0. The molecule has 1 aromatic carbocycles. The predicted molar refractivity (Wildman–Crippen MR) is 74.0 cm³/mol. The highest BCUT2D eigenvalue weighted by Crippen LogP contribution is 2.08. The molecular weight excluding hydrogens is 280 g/mol. The highest BCUT2D eigenvalue weighted by Gasteiger charge is 2.17. The van der Waals surface area contributed by atoms with Crippen molar-refractivity contribution in [3.05, 3.63) is 35.4 Å². The molecule has 1 aromatic rings. The number of nitrogens with two attached hydrogens (primary N) is 1. The second-order valence-electron chi connectivity index (χ2n) is 5.00. The fourth-order valence-electron chi connectivity index (χ4n) is 1.51. The van der Waals surface area contributed by atoms with E-state index in [1.165, 1.54) is 6.07 Å². The van der Waals surface area contributed by atoms with Crippen molar-refractivity contribution in [3.8, 4) is 0 Å². The number of hydrogen-bond acceptors (Lipinski definition) is 3. The summed E-state index contributed by atoms with van der Waals surface area (Å²) in [5.41, 5.74) is 5.78. The Hall–Kier alpha value is -2.02. The summed E-state index contributed by atoms with van der Waals surface area (Å²) in [6, 6.07) is 2.41. The van der Waals surface area contributed by atoms with E-state index in [1.807, 2.05) is 0 Å². The Morgan fingerprint density at radius 2 is 1.90 bits per heavy atom. The molecule has 0 aliphatic carbocycles. The van der Waals surface area contributed by atoms with Crippen molar-refractivity contribution < 1.29 is 18.4 Å². The van der Waals surface area contributed by atoms with E-state index in [9.17, 15) is 18.4 Å². The zero-order valence-electron chi connectivity index (χ0n) is 12.0. The van der Waals surface area contributed by atoms with Gasteiger partial charge in [-0.25, -0.2) is 8.78 Å². The lowest BCUT2D eigenvalue weighted by molar-refractivity contribution is -0.127. The molecule has 7 heteroatoms. The lowest BCUT2D eigenvalue weighted by Gasteiger charge is -2.15. The summed E-state index contributed by atoms with van der Waals surface area (Å²) in [6.45, 7) is 3.25. The molecule has 4 N–H and O–H groups in total. The van der Waals surface area contributed by atoms with E-state index in [4.69, 9.17) is 5.73 Å². The number of nitrogens with one attached hydrogen (secondary N) is 2. The molecule has 0 aliphatic heterocycles. The molecule has 0 unspecified atom stereocenters. The minimum Gasteiger partial charge on any atom is -0.350 e. The molecule has 0 radical (unpaired) electrons. The maximum atomic E-state index is 13.3. The third-order valence-corrected chi connectivity index (χ3v) is 2.94. The molecule has 0 bridgehead atoms. The molecule has 2 amide bonds. The van der Waals surface area contributed by atoms with Crippen molar-refractivity contribution in [3.63, 3.8) is 0 Å². The maximum Gasteiger partial charge on any atom is 0.239 e. The van der Waals surface area contributed by atoms with Crippen molar-refractivity contribution in [2.45, 2.75) is 26.4 Å². The first-order valence-electron chi connectivity index (χ1n) is 6.55. The van der Waals surface area contributed by atoms with Gasteiger partial charge in [-0.1, -0.05) is 19.9 Å². The summed E-state index contributed by atoms with van der Waals surface area (Å²) in [5, 5.41) is 4.82. The van der Waals surface area contributed by atoms with Gasteiger partial charge in [0.2, 0.25) is 11.8 Å². The number of hydrogen-bond donors (Lipinski definition) is 3. The van der Waals surface area contributed by atoms with E-state index >= 15 is 0 Å². The van der Waals surface area contributed by atoms with Crippen LogP contribution in [0.25, 0.3) is 0 Å². The number of carbonyl (C=O) groups excluding carboxylic acids is 2. The van der Waals surface area contributed by atoms with Crippen LogP contribution in [0.3, 0.4) is 0 Å². The number of carbonyl (C=O) groups is 2. The molecule has 21 heavy (non-hydrogen) atoms. The Morgan fingerprint density at radius 1 is 1.24 bits per heavy atom. The molecule has 0 heterocycles. The minimum atomic E-state index is -0.735. The topological polar surface area (TPSA) is 84.2 Å². The molecule has 0 saturated heterocycles. The summed E-state index contributed by atoms with van der Waals surface area (Å²) >= 11 is 0. The van der Waals surface area contributed by atoms with Crippen LogP contribution in [0.2, 0.25) is 0 Å². The van der Waals surface area contributed by atoms with Gasteiger partial charge in [0.05, 0.1) is 12.6 Å². The van der Waals surface area contributed by atoms with Crippen molar-refractivity contribution in [1.29, 1.82) is 0 Å². The third-order valence-electron chi connectivity index (χ3n) is 2.94. The minimum absolute atomic E-state index is 0.0404. The standard InChI is InChI=1S/C14H19F2N3O2/c1-8(2)13(17)14(21)19-7-12(20)18-6-9-3-4-10(15)5-11(9)16/h3-5,8,13H,6-7,17H2,1-2H3,(H,18,20)(H,19,21)/t13-/m0/s1. The fourth-order valence-corrected chi connectivity index (χ4v) is 1.51. The highest BCUT2D eigenvalue weighted by molar-refractivity contribution is 5.87. The van der Waals surface area contributed by atoms with Gasteiger partial charge in [0.15, 0.2) is 0 Å². The van der Waals surface area contributed by atoms with Crippen LogP contribution in [0.4, 0.5) is 8.78 Å². The molecule has 116 valence electrons. The monoisotopic (exact) mass is 299 g/mol. The van der Waals surface area contributed by atoms with E-state index in [1.54, 1.807) is 13.8 Å². The number of rotatable bonds is 6. The molecule has 0 aliphatic rings. The van der Waals surface area contributed by atoms with Crippen LogP contribution < -0.4 is 16.4 Å². The Morgan fingerprint density at radius 3 is 2.48 bits per heavy atom. The average molecular weight is 299 g/mol.